The van der Waals surface area contributed by atoms with E-state index < -0.39 is 0 Å². The van der Waals surface area contributed by atoms with Crippen molar-refractivity contribution in [2.75, 3.05) is 21.2 Å². The van der Waals surface area contributed by atoms with E-state index in [9.17, 15) is 0 Å². The molecule has 0 N–H and O–H groups in total. The Kier molecular flexibility index (Phi) is 5.43. The second kappa shape index (κ2) is 6.84. The van der Waals surface area contributed by atoms with Gasteiger partial charge in [-0.1, -0.05) is 32.1 Å². The Balaban J connectivity index is 3.24. The van der Waals surface area contributed by atoms with Crippen LogP contribution in [0.1, 0.15) is 24.5 Å². The fourth-order valence-corrected chi connectivity index (χ4v) is 1.72. The molecule has 0 amide bonds. The van der Waals surface area contributed by atoms with Gasteiger partial charge in [-0.3, -0.25) is 0 Å². The minimum Gasteiger partial charge on any atom is -0.497 e. The number of hydrogen-bond donors (Lipinski definition) is 0. The molecule has 0 fully saturated rings. The van der Waals surface area contributed by atoms with E-state index in [1.54, 1.807) is 13.4 Å². The largest absolute Gasteiger partial charge is 0.497 e. The smallest absolute Gasteiger partial charge is 0.121 e. The summed E-state index contributed by atoms with van der Waals surface area (Å²) in [6.07, 6.45) is 3.90. The molecule has 0 aliphatic carbocycles. The normalized spacial score (nSPS) is 10.7. The highest BCUT2D eigenvalue weighted by molar-refractivity contribution is 5.75. The van der Waals surface area contributed by atoms with Gasteiger partial charge in [-0.2, -0.15) is 0 Å². The number of para-hydroxylation sites is 1. The summed E-state index contributed by atoms with van der Waals surface area (Å²) in [5, 5.41) is 0. The second-order valence-electron chi connectivity index (χ2n) is 4.40. The molecule has 1 aromatic rings. The van der Waals surface area contributed by atoms with Crippen LogP contribution in [0.15, 0.2) is 29.8 Å². The molecule has 1 rings (SSSR count). The molecule has 3 heteroatoms. The number of aryl methyl sites for hydroxylation is 1. The van der Waals surface area contributed by atoms with Crippen LogP contribution in [0.5, 0.6) is 0 Å². The molecular weight excluding hydrogens is 224 g/mol. The molecule has 18 heavy (non-hydrogen) atoms. The van der Waals surface area contributed by atoms with E-state index in [0.717, 1.165) is 24.1 Å². The van der Waals surface area contributed by atoms with E-state index in [1.807, 2.05) is 31.1 Å². The van der Waals surface area contributed by atoms with Crippen LogP contribution in [0, 0.1) is 0 Å². The van der Waals surface area contributed by atoms with E-state index in [2.05, 4.69) is 24.6 Å². The maximum Gasteiger partial charge on any atom is 0.121 e. The minimum absolute atomic E-state index is 0.652. The highest BCUT2D eigenvalue weighted by atomic mass is 16.5. The summed E-state index contributed by atoms with van der Waals surface area (Å²) in [7, 11) is 5.54. The number of benzene rings is 1. The molecule has 98 valence electrons. The fraction of sp³-hybridized carbons (Fsp3) is 0.400. The number of rotatable bonds is 6. The van der Waals surface area contributed by atoms with Crippen LogP contribution in [0.4, 0.5) is 5.69 Å². The molecule has 0 spiro atoms. The van der Waals surface area contributed by atoms with Crippen LogP contribution in [0.25, 0.3) is 5.76 Å². The molecule has 1 aromatic carbocycles. The van der Waals surface area contributed by atoms with Crippen LogP contribution in [0.3, 0.4) is 0 Å². The van der Waals surface area contributed by atoms with Crippen molar-refractivity contribution in [2.45, 2.75) is 19.8 Å². The lowest BCUT2D eigenvalue weighted by molar-refractivity contribution is 0.371. The first kappa shape index (κ1) is 14.3. The van der Waals surface area contributed by atoms with Crippen molar-refractivity contribution in [3.05, 3.63) is 35.9 Å². The van der Waals surface area contributed by atoms with E-state index >= 15 is 0 Å². The van der Waals surface area contributed by atoms with Gasteiger partial charge < -0.3 is 9.64 Å². The van der Waals surface area contributed by atoms with Crippen LogP contribution in [0.2, 0.25) is 0 Å². The molecule has 0 aromatic heterocycles. The van der Waals surface area contributed by atoms with Gasteiger partial charge in [0.05, 0.1) is 19.1 Å². The quantitative estimate of drug-likeness (QED) is 0.436. The van der Waals surface area contributed by atoms with Crippen LogP contribution >= 0.6 is 0 Å². The van der Waals surface area contributed by atoms with Gasteiger partial charge in [0.1, 0.15) is 5.76 Å². The number of aliphatic imine (C=N–C) groups is 1. The van der Waals surface area contributed by atoms with Crippen LogP contribution < -0.4 is 0 Å². The van der Waals surface area contributed by atoms with E-state index in [4.69, 9.17) is 4.74 Å². The molecule has 0 aliphatic rings. The van der Waals surface area contributed by atoms with E-state index in [-0.39, 0.29) is 0 Å². The van der Waals surface area contributed by atoms with Crippen LogP contribution in [-0.2, 0) is 11.2 Å². The monoisotopic (exact) mass is 246 g/mol. The number of methoxy groups -OCH3 is 1. The molecule has 0 saturated heterocycles. The van der Waals surface area contributed by atoms with E-state index in [1.165, 1.54) is 5.56 Å². The van der Waals surface area contributed by atoms with Gasteiger partial charge >= 0.3 is 0 Å². The molecule has 3 nitrogen and oxygen atoms in total. The number of ether oxygens (including phenoxy) is 1. The highest BCUT2D eigenvalue weighted by Crippen LogP contribution is 2.30. The van der Waals surface area contributed by atoms with Crippen molar-refractivity contribution in [3.8, 4) is 0 Å². The average molecular weight is 246 g/mol. The first-order chi connectivity index (χ1) is 8.60. The summed E-state index contributed by atoms with van der Waals surface area (Å²) in [4.78, 5) is 6.47. The zero-order valence-corrected chi connectivity index (χ0v) is 11.7. The molecule has 0 bridgehead atoms. The Morgan fingerprint density at radius 1 is 1.44 bits per heavy atom. The molecule has 0 unspecified atom stereocenters. The van der Waals surface area contributed by atoms with Gasteiger partial charge in [0, 0.05) is 19.7 Å². The topological polar surface area (TPSA) is 24.8 Å². The number of nitrogens with zero attached hydrogens (tertiary/aromatic N) is 2. The molecule has 0 aliphatic heterocycles. The number of hydrogen-bond acceptors (Lipinski definition) is 2. The van der Waals surface area contributed by atoms with Crippen molar-refractivity contribution >= 4 is 17.8 Å². The van der Waals surface area contributed by atoms with Crippen molar-refractivity contribution in [1.82, 2.24) is 4.90 Å². The van der Waals surface area contributed by atoms with Crippen LogP contribution in [-0.4, -0.2) is 32.4 Å². The van der Waals surface area contributed by atoms with Gasteiger partial charge in [-0.05, 0) is 18.1 Å². The zero-order chi connectivity index (χ0) is 13.5. The predicted octanol–water partition coefficient (Wildman–Crippen LogP) is 3.48. The van der Waals surface area contributed by atoms with Crippen molar-refractivity contribution in [1.29, 1.82) is 0 Å². The standard InChI is InChI=1S/C15H22N2O/c1-6-8-13-9-7-10-14(12(2)18-5)15(13)16-11-17(3)4/h7,9-11H,2,6,8H2,1,3-5H3/b16-11+. The van der Waals surface area contributed by atoms with Gasteiger partial charge in [0.2, 0.25) is 0 Å². The van der Waals surface area contributed by atoms with Crippen molar-refractivity contribution in [3.63, 3.8) is 0 Å². The zero-order valence-electron chi connectivity index (χ0n) is 11.7. The summed E-state index contributed by atoms with van der Waals surface area (Å²) >= 11 is 0. The molecule has 0 atom stereocenters. The Morgan fingerprint density at radius 2 is 2.17 bits per heavy atom. The minimum atomic E-state index is 0.652. The lowest BCUT2D eigenvalue weighted by Crippen LogP contribution is -2.07. The average Bonchev–Trinajstić information content (AvgIpc) is 2.36. The molecular formula is C15H22N2O. The summed E-state index contributed by atoms with van der Waals surface area (Å²) in [6, 6.07) is 6.13. The SMILES string of the molecule is C=C(OC)c1cccc(CCC)c1/N=C/N(C)C. The van der Waals surface area contributed by atoms with Gasteiger partial charge in [-0.25, -0.2) is 4.99 Å². The highest BCUT2D eigenvalue weighted by Gasteiger charge is 2.09. The summed E-state index contributed by atoms with van der Waals surface area (Å²) in [5.41, 5.74) is 3.15. The third-order valence-corrected chi connectivity index (χ3v) is 2.60. The van der Waals surface area contributed by atoms with Crippen molar-refractivity contribution < 1.29 is 4.74 Å². The summed E-state index contributed by atoms with van der Waals surface area (Å²) in [5.74, 6) is 0.652. The molecule has 0 radical (unpaired) electrons. The van der Waals surface area contributed by atoms with E-state index in [0.29, 0.717) is 5.76 Å². The maximum absolute atomic E-state index is 5.23. The van der Waals surface area contributed by atoms with Gasteiger partial charge in [0.15, 0.2) is 0 Å². The third-order valence-electron chi connectivity index (χ3n) is 2.60. The lowest BCUT2D eigenvalue weighted by atomic mass is 10.0. The lowest BCUT2D eigenvalue weighted by Gasteiger charge is -2.13. The Bertz CT molecular complexity index is 436. The first-order valence-corrected chi connectivity index (χ1v) is 6.16. The fourth-order valence-electron chi connectivity index (χ4n) is 1.72. The van der Waals surface area contributed by atoms with Gasteiger partial charge in [0.25, 0.3) is 0 Å². The third kappa shape index (κ3) is 3.62. The maximum atomic E-state index is 5.23. The summed E-state index contributed by atoms with van der Waals surface area (Å²) < 4.78 is 5.23. The van der Waals surface area contributed by atoms with Crippen molar-refractivity contribution in [2.24, 2.45) is 4.99 Å². The molecule has 0 heterocycles. The summed E-state index contributed by atoms with van der Waals surface area (Å²) in [6.45, 7) is 6.09. The second-order valence-corrected chi connectivity index (χ2v) is 4.40. The Hall–Kier alpha value is -1.77. The predicted molar refractivity (Wildman–Crippen MR) is 78.3 cm³/mol. The first-order valence-electron chi connectivity index (χ1n) is 6.16. The molecule has 0 saturated carbocycles. The Labute approximate surface area is 110 Å². The Morgan fingerprint density at radius 3 is 2.72 bits per heavy atom. The van der Waals surface area contributed by atoms with Gasteiger partial charge in [-0.15, -0.1) is 0 Å².